The Morgan fingerprint density at radius 2 is 2.05 bits per heavy atom. The van der Waals surface area contributed by atoms with Gasteiger partial charge in [-0.05, 0) is 32.1 Å². The highest BCUT2D eigenvalue weighted by atomic mass is 16.5. The van der Waals surface area contributed by atoms with Crippen LogP contribution >= 0.6 is 0 Å². The van der Waals surface area contributed by atoms with Crippen molar-refractivity contribution in [2.24, 2.45) is 5.92 Å². The molecule has 0 aliphatic heterocycles. The van der Waals surface area contributed by atoms with E-state index in [2.05, 4.69) is 43.0 Å². The van der Waals surface area contributed by atoms with Crippen molar-refractivity contribution in [2.45, 2.75) is 53.4 Å². The van der Waals surface area contributed by atoms with Gasteiger partial charge >= 0.3 is 0 Å². The largest absolute Gasteiger partial charge is 0.478 e. The standard InChI is InChI=1S/C15H27N3O/c1-5-8-13-17-14(16-6-2)11-15(18-13)19-10-7-9-12(3)4/h11-12H,5-10H2,1-4H3,(H,16,17,18). The van der Waals surface area contributed by atoms with Crippen LogP contribution in [0.15, 0.2) is 6.07 Å². The monoisotopic (exact) mass is 265 g/mol. The highest BCUT2D eigenvalue weighted by Crippen LogP contribution is 2.15. The summed E-state index contributed by atoms with van der Waals surface area (Å²) in [5, 5.41) is 3.22. The Labute approximate surface area is 117 Å². The van der Waals surface area contributed by atoms with Gasteiger partial charge in [-0.1, -0.05) is 20.8 Å². The van der Waals surface area contributed by atoms with Crippen LogP contribution < -0.4 is 10.1 Å². The molecule has 0 bridgehead atoms. The number of hydrogen-bond donors (Lipinski definition) is 1. The number of anilines is 1. The van der Waals surface area contributed by atoms with Crippen LogP contribution in [0.4, 0.5) is 5.82 Å². The van der Waals surface area contributed by atoms with E-state index in [4.69, 9.17) is 4.74 Å². The number of nitrogens with one attached hydrogen (secondary N) is 1. The molecule has 0 unspecified atom stereocenters. The molecule has 0 saturated heterocycles. The number of nitrogens with zero attached hydrogens (tertiary/aromatic N) is 2. The second-order valence-corrected chi connectivity index (χ2v) is 5.17. The van der Waals surface area contributed by atoms with Gasteiger partial charge in [-0.15, -0.1) is 0 Å². The molecule has 108 valence electrons. The van der Waals surface area contributed by atoms with Crippen LogP contribution in [0.2, 0.25) is 0 Å². The zero-order chi connectivity index (χ0) is 14.1. The molecular formula is C15H27N3O. The molecular weight excluding hydrogens is 238 g/mol. The molecule has 1 N–H and O–H groups in total. The molecule has 1 aromatic rings. The average molecular weight is 265 g/mol. The Balaban J connectivity index is 2.59. The van der Waals surface area contributed by atoms with Crippen molar-refractivity contribution >= 4 is 5.82 Å². The van der Waals surface area contributed by atoms with E-state index in [0.29, 0.717) is 5.88 Å². The van der Waals surface area contributed by atoms with E-state index in [9.17, 15) is 0 Å². The quantitative estimate of drug-likeness (QED) is 0.692. The molecule has 0 aliphatic carbocycles. The fraction of sp³-hybridized carbons (Fsp3) is 0.733. The van der Waals surface area contributed by atoms with E-state index in [1.54, 1.807) is 0 Å². The van der Waals surface area contributed by atoms with Crippen LogP contribution in [0, 0.1) is 5.92 Å². The normalized spacial score (nSPS) is 10.8. The van der Waals surface area contributed by atoms with E-state index in [0.717, 1.165) is 50.0 Å². The van der Waals surface area contributed by atoms with Crippen molar-refractivity contribution in [3.05, 3.63) is 11.9 Å². The van der Waals surface area contributed by atoms with Crippen LogP contribution in [0.3, 0.4) is 0 Å². The highest BCUT2D eigenvalue weighted by molar-refractivity contribution is 5.38. The van der Waals surface area contributed by atoms with Crippen molar-refractivity contribution in [1.82, 2.24) is 9.97 Å². The molecule has 4 nitrogen and oxygen atoms in total. The van der Waals surface area contributed by atoms with E-state index >= 15 is 0 Å². The summed E-state index contributed by atoms with van der Waals surface area (Å²) < 4.78 is 5.74. The molecule has 0 saturated carbocycles. The molecule has 0 spiro atoms. The predicted octanol–water partition coefficient (Wildman–Crippen LogP) is 3.68. The average Bonchev–Trinajstić information content (AvgIpc) is 2.35. The second kappa shape index (κ2) is 8.73. The van der Waals surface area contributed by atoms with Gasteiger partial charge in [0.05, 0.1) is 6.61 Å². The van der Waals surface area contributed by atoms with Gasteiger partial charge in [0.15, 0.2) is 0 Å². The zero-order valence-corrected chi connectivity index (χ0v) is 12.7. The van der Waals surface area contributed by atoms with Crippen molar-refractivity contribution < 1.29 is 4.74 Å². The van der Waals surface area contributed by atoms with Gasteiger partial charge in [-0.25, -0.2) is 4.98 Å². The van der Waals surface area contributed by atoms with Gasteiger partial charge in [0.25, 0.3) is 0 Å². The van der Waals surface area contributed by atoms with Crippen molar-refractivity contribution in [1.29, 1.82) is 0 Å². The number of ether oxygens (including phenoxy) is 1. The lowest BCUT2D eigenvalue weighted by atomic mass is 10.1. The Morgan fingerprint density at radius 3 is 2.68 bits per heavy atom. The maximum Gasteiger partial charge on any atom is 0.218 e. The first kappa shape index (κ1) is 15.7. The first-order valence-electron chi connectivity index (χ1n) is 7.40. The molecule has 0 aromatic carbocycles. The minimum absolute atomic E-state index is 0.693. The van der Waals surface area contributed by atoms with Gasteiger partial charge in [0.2, 0.25) is 5.88 Å². The van der Waals surface area contributed by atoms with Gasteiger partial charge in [0, 0.05) is 19.0 Å². The van der Waals surface area contributed by atoms with Crippen molar-refractivity contribution in [3.63, 3.8) is 0 Å². The number of aromatic nitrogens is 2. The van der Waals surface area contributed by atoms with Gasteiger partial charge in [-0.3, -0.25) is 0 Å². The van der Waals surface area contributed by atoms with Gasteiger partial charge < -0.3 is 10.1 Å². The third-order valence-corrected chi connectivity index (χ3v) is 2.76. The third kappa shape index (κ3) is 6.41. The summed E-state index contributed by atoms with van der Waals surface area (Å²) in [6.07, 6.45) is 4.19. The summed E-state index contributed by atoms with van der Waals surface area (Å²) in [7, 11) is 0. The van der Waals surface area contributed by atoms with E-state index in [1.165, 1.54) is 6.42 Å². The van der Waals surface area contributed by atoms with Crippen LogP contribution in [0.25, 0.3) is 0 Å². The Kier molecular flexibility index (Phi) is 7.23. The molecule has 4 heteroatoms. The first-order chi connectivity index (χ1) is 9.15. The Bertz CT molecular complexity index is 342. The third-order valence-electron chi connectivity index (χ3n) is 2.76. The molecule has 0 aliphatic rings. The summed E-state index contributed by atoms with van der Waals surface area (Å²) in [5.41, 5.74) is 0. The van der Waals surface area contributed by atoms with Crippen LogP contribution in [-0.2, 0) is 6.42 Å². The fourth-order valence-electron chi connectivity index (χ4n) is 1.82. The second-order valence-electron chi connectivity index (χ2n) is 5.17. The molecule has 0 amide bonds. The minimum Gasteiger partial charge on any atom is -0.478 e. The smallest absolute Gasteiger partial charge is 0.218 e. The summed E-state index contributed by atoms with van der Waals surface area (Å²) in [5.74, 6) is 3.14. The number of aryl methyl sites for hydroxylation is 1. The number of rotatable bonds is 9. The lowest BCUT2D eigenvalue weighted by molar-refractivity contribution is 0.286. The summed E-state index contributed by atoms with van der Waals surface area (Å²) >= 11 is 0. The Morgan fingerprint density at radius 1 is 1.26 bits per heavy atom. The lowest BCUT2D eigenvalue weighted by Gasteiger charge is -2.10. The van der Waals surface area contributed by atoms with Crippen molar-refractivity contribution in [2.75, 3.05) is 18.5 Å². The predicted molar refractivity (Wildman–Crippen MR) is 79.8 cm³/mol. The van der Waals surface area contributed by atoms with E-state index < -0.39 is 0 Å². The van der Waals surface area contributed by atoms with E-state index in [-0.39, 0.29) is 0 Å². The molecule has 1 aromatic heterocycles. The van der Waals surface area contributed by atoms with E-state index in [1.807, 2.05) is 6.07 Å². The summed E-state index contributed by atoms with van der Waals surface area (Å²) in [4.78, 5) is 8.92. The first-order valence-corrected chi connectivity index (χ1v) is 7.40. The fourth-order valence-corrected chi connectivity index (χ4v) is 1.82. The maximum absolute atomic E-state index is 5.74. The number of hydrogen-bond acceptors (Lipinski definition) is 4. The van der Waals surface area contributed by atoms with Crippen LogP contribution in [0.1, 0.15) is 52.8 Å². The minimum atomic E-state index is 0.693. The molecule has 0 radical (unpaired) electrons. The molecule has 0 atom stereocenters. The molecule has 19 heavy (non-hydrogen) atoms. The molecule has 1 rings (SSSR count). The summed E-state index contributed by atoms with van der Waals surface area (Å²) in [6, 6.07) is 1.89. The molecule has 1 heterocycles. The van der Waals surface area contributed by atoms with Gasteiger partial charge in [-0.2, -0.15) is 4.98 Å². The SMILES string of the molecule is CCCc1nc(NCC)cc(OCCCC(C)C)n1. The summed E-state index contributed by atoms with van der Waals surface area (Å²) in [6.45, 7) is 10.2. The molecule has 0 fully saturated rings. The lowest BCUT2D eigenvalue weighted by Crippen LogP contribution is -2.07. The van der Waals surface area contributed by atoms with Crippen LogP contribution in [0.5, 0.6) is 5.88 Å². The topological polar surface area (TPSA) is 47.0 Å². The maximum atomic E-state index is 5.74. The Hall–Kier alpha value is -1.32. The van der Waals surface area contributed by atoms with Crippen molar-refractivity contribution in [3.8, 4) is 5.88 Å². The highest BCUT2D eigenvalue weighted by Gasteiger charge is 2.05. The zero-order valence-electron chi connectivity index (χ0n) is 12.7. The van der Waals surface area contributed by atoms with Crippen LogP contribution in [-0.4, -0.2) is 23.1 Å². The van der Waals surface area contributed by atoms with Gasteiger partial charge in [0.1, 0.15) is 11.6 Å².